The van der Waals surface area contributed by atoms with Crippen LogP contribution in [0.5, 0.6) is 0 Å². The highest BCUT2D eigenvalue weighted by atomic mass is 16.6. The number of nitrogens with one attached hydrogen (secondary N) is 2. The van der Waals surface area contributed by atoms with Gasteiger partial charge in [-0.25, -0.2) is 4.79 Å². The summed E-state index contributed by atoms with van der Waals surface area (Å²) in [6.07, 6.45) is 1.40. The average Bonchev–Trinajstić information content (AvgIpc) is 2.83. The van der Waals surface area contributed by atoms with E-state index in [-0.39, 0.29) is 18.2 Å². The first kappa shape index (κ1) is 29.9. The molecule has 2 rings (SSSR count). The van der Waals surface area contributed by atoms with Gasteiger partial charge in [-0.05, 0) is 64.7 Å². The third-order valence-electron chi connectivity index (χ3n) is 6.01. The number of benzene rings is 2. The van der Waals surface area contributed by atoms with Crippen molar-refractivity contribution in [1.82, 2.24) is 15.5 Å². The lowest BCUT2D eigenvalue weighted by Crippen LogP contribution is -2.54. The maximum absolute atomic E-state index is 14.1. The van der Waals surface area contributed by atoms with E-state index >= 15 is 0 Å². The molecule has 2 unspecified atom stereocenters. The van der Waals surface area contributed by atoms with Crippen molar-refractivity contribution < 1.29 is 19.1 Å². The standard InChI is InChI=1S/C30H43N3O4/c1-8-10-18-31-27(34)26(24-19-21(3)16-17-22(24)4)33(9-2)28(35)25(20-23-14-12-11-13-15-23)32-29(36)37-30(5,6)7/h11-17,19,25-26H,8-10,18,20H2,1-7H3,(H,31,34)(H,32,36). The van der Waals surface area contributed by atoms with Crippen LogP contribution in [0.1, 0.15) is 75.8 Å². The molecule has 0 fully saturated rings. The molecule has 202 valence electrons. The summed E-state index contributed by atoms with van der Waals surface area (Å²) >= 11 is 0. The maximum Gasteiger partial charge on any atom is 0.408 e. The van der Waals surface area contributed by atoms with E-state index in [9.17, 15) is 14.4 Å². The van der Waals surface area contributed by atoms with Gasteiger partial charge in [0.15, 0.2) is 0 Å². The molecule has 0 saturated heterocycles. The number of hydrogen-bond donors (Lipinski definition) is 2. The number of amides is 3. The second-order valence-electron chi connectivity index (χ2n) is 10.4. The van der Waals surface area contributed by atoms with Crippen molar-refractivity contribution in [3.63, 3.8) is 0 Å². The molecule has 2 aromatic rings. The number of alkyl carbamates (subject to hydrolysis) is 1. The Hall–Kier alpha value is -3.35. The van der Waals surface area contributed by atoms with Gasteiger partial charge in [0, 0.05) is 19.5 Å². The Bertz CT molecular complexity index is 1050. The highest BCUT2D eigenvalue weighted by Gasteiger charge is 2.36. The third-order valence-corrected chi connectivity index (χ3v) is 6.01. The lowest BCUT2D eigenvalue weighted by Gasteiger charge is -2.34. The van der Waals surface area contributed by atoms with Gasteiger partial charge in [-0.1, -0.05) is 67.4 Å². The zero-order chi connectivity index (χ0) is 27.6. The Balaban J connectivity index is 2.48. The minimum absolute atomic E-state index is 0.229. The molecule has 0 spiro atoms. The Labute approximate surface area is 222 Å². The van der Waals surface area contributed by atoms with Crippen LogP contribution in [0.2, 0.25) is 0 Å². The summed E-state index contributed by atoms with van der Waals surface area (Å²) in [6, 6.07) is 13.7. The SMILES string of the molecule is CCCCNC(=O)C(c1cc(C)ccc1C)N(CC)C(=O)C(Cc1ccccc1)NC(=O)OC(C)(C)C. The molecule has 2 aromatic carbocycles. The Morgan fingerprint density at radius 2 is 1.68 bits per heavy atom. The molecule has 2 atom stereocenters. The molecule has 37 heavy (non-hydrogen) atoms. The van der Waals surface area contributed by atoms with Crippen molar-refractivity contribution in [3.05, 3.63) is 70.8 Å². The molecule has 0 heterocycles. The van der Waals surface area contributed by atoms with Gasteiger partial charge in [0.1, 0.15) is 17.7 Å². The first-order valence-corrected chi connectivity index (χ1v) is 13.2. The quantitative estimate of drug-likeness (QED) is 0.405. The van der Waals surface area contributed by atoms with E-state index in [4.69, 9.17) is 4.74 Å². The predicted molar refractivity (Wildman–Crippen MR) is 147 cm³/mol. The molecule has 2 N–H and O–H groups in total. The molecule has 0 aromatic heterocycles. The van der Waals surface area contributed by atoms with Crippen molar-refractivity contribution in [3.8, 4) is 0 Å². The van der Waals surface area contributed by atoms with E-state index in [1.165, 1.54) is 0 Å². The van der Waals surface area contributed by atoms with E-state index in [0.29, 0.717) is 13.1 Å². The maximum atomic E-state index is 14.1. The summed E-state index contributed by atoms with van der Waals surface area (Å²) < 4.78 is 5.46. The summed E-state index contributed by atoms with van der Waals surface area (Å²) in [4.78, 5) is 42.0. The van der Waals surface area contributed by atoms with Gasteiger partial charge in [0.25, 0.3) is 0 Å². The minimum Gasteiger partial charge on any atom is -0.444 e. The second kappa shape index (κ2) is 13.8. The summed E-state index contributed by atoms with van der Waals surface area (Å²) in [6.45, 7) is 14.0. The highest BCUT2D eigenvalue weighted by molar-refractivity contribution is 5.92. The number of nitrogens with zero attached hydrogens (tertiary/aromatic N) is 1. The van der Waals surface area contributed by atoms with E-state index in [1.54, 1.807) is 25.7 Å². The molecule has 0 aliphatic heterocycles. The number of likely N-dealkylation sites (N-methyl/N-ethyl adjacent to an activating group) is 1. The summed E-state index contributed by atoms with van der Waals surface area (Å²) in [5.41, 5.74) is 2.88. The molecule has 7 heteroatoms. The molecule has 0 aliphatic rings. The number of rotatable bonds is 11. The summed E-state index contributed by atoms with van der Waals surface area (Å²) in [7, 11) is 0. The third kappa shape index (κ3) is 9.23. The van der Waals surface area contributed by atoms with Gasteiger partial charge in [-0.2, -0.15) is 0 Å². The zero-order valence-corrected chi connectivity index (χ0v) is 23.4. The van der Waals surface area contributed by atoms with E-state index in [0.717, 1.165) is 35.1 Å². The van der Waals surface area contributed by atoms with Crippen LogP contribution < -0.4 is 10.6 Å². The van der Waals surface area contributed by atoms with Gasteiger partial charge < -0.3 is 20.3 Å². The van der Waals surface area contributed by atoms with E-state index in [2.05, 4.69) is 17.6 Å². The highest BCUT2D eigenvalue weighted by Crippen LogP contribution is 2.27. The molecule has 0 aliphatic carbocycles. The zero-order valence-electron chi connectivity index (χ0n) is 23.4. The van der Waals surface area contributed by atoms with Crippen molar-refractivity contribution in [2.75, 3.05) is 13.1 Å². The number of unbranched alkanes of at least 4 members (excludes halogenated alkanes) is 1. The normalized spacial score (nSPS) is 12.8. The van der Waals surface area contributed by atoms with Gasteiger partial charge in [-0.15, -0.1) is 0 Å². The topological polar surface area (TPSA) is 87.7 Å². The second-order valence-corrected chi connectivity index (χ2v) is 10.4. The monoisotopic (exact) mass is 509 g/mol. The van der Waals surface area contributed by atoms with Crippen molar-refractivity contribution in [2.24, 2.45) is 0 Å². The van der Waals surface area contributed by atoms with Crippen LogP contribution in [0.3, 0.4) is 0 Å². The van der Waals surface area contributed by atoms with Gasteiger partial charge in [0.05, 0.1) is 0 Å². The van der Waals surface area contributed by atoms with Gasteiger partial charge >= 0.3 is 6.09 Å². The lowest BCUT2D eigenvalue weighted by molar-refractivity contribution is -0.142. The Kier molecular flexibility index (Phi) is 11.2. The fourth-order valence-corrected chi connectivity index (χ4v) is 4.16. The van der Waals surface area contributed by atoms with Crippen LogP contribution in [0.4, 0.5) is 4.79 Å². The Morgan fingerprint density at radius 3 is 2.27 bits per heavy atom. The van der Waals surface area contributed by atoms with Crippen LogP contribution >= 0.6 is 0 Å². The first-order chi connectivity index (χ1) is 17.5. The number of carbonyl (C=O) groups is 3. The summed E-state index contributed by atoms with van der Waals surface area (Å²) in [5, 5.41) is 5.79. The Morgan fingerprint density at radius 1 is 1.00 bits per heavy atom. The largest absolute Gasteiger partial charge is 0.444 e. The molecule has 3 amide bonds. The van der Waals surface area contributed by atoms with Gasteiger partial charge in [0.2, 0.25) is 11.8 Å². The first-order valence-electron chi connectivity index (χ1n) is 13.2. The number of ether oxygens (including phenoxy) is 1. The van der Waals surface area contributed by atoms with Crippen LogP contribution in [0, 0.1) is 13.8 Å². The number of carbonyl (C=O) groups excluding carboxylic acids is 3. The van der Waals surface area contributed by atoms with Crippen LogP contribution in [-0.4, -0.2) is 47.5 Å². The fraction of sp³-hybridized carbons (Fsp3) is 0.500. The van der Waals surface area contributed by atoms with Crippen molar-refractivity contribution in [2.45, 2.75) is 85.4 Å². The molecule has 0 radical (unpaired) electrons. The molecular formula is C30H43N3O4. The summed E-state index contributed by atoms with van der Waals surface area (Å²) in [5.74, 6) is -0.568. The van der Waals surface area contributed by atoms with Gasteiger partial charge in [-0.3, -0.25) is 9.59 Å². The van der Waals surface area contributed by atoms with Crippen LogP contribution in [0.15, 0.2) is 48.5 Å². The van der Waals surface area contributed by atoms with E-state index in [1.807, 2.05) is 69.3 Å². The molecular weight excluding hydrogens is 466 g/mol. The van der Waals surface area contributed by atoms with E-state index < -0.39 is 23.8 Å². The number of hydrogen-bond acceptors (Lipinski definition) is 4. The minimum atomic E-state index is -0.909. The van der Waals surface area contributed by atoms with Crippen LogP contribution in [-0.2, 0) is 20.7 Å². The smallest absolute Gasteiger partial charge is 0.408 e. The average molecular weight is 510 g/mol. The van der Waals surface area contributed by atoms with Crippen molar-refractivity contribution >= 4 is 17.9 Å². The molecule has 7 nitrogen and oxygen atoms in total. The molecule has 0 bridgehead atoms. The van der Waals surface area contributed by atoms with Crippen molar-refractivity contribution in [1.29, 1.82) is 0 Å². The molecule has 0 saturated carbocycles. The predicted octanol–water partition coefficient (Wildman–Crippen LogP) is 5.25. The fourth-order valence-electron chi connectivity index (χ4n) is 4.16. The lowest BCUT2D eigenvalue weighted by atomic mass is 9.95. The number of aryl methyl sites for hydroxylation is 2. The van der Waals surface area contributed by atoms with Crippen LogP contribution in [0.25, 0.3) is 0 Å².